The molecule has 0 aliphatic carbocycles. The third kappa shape index (κ3) is 14.2. The lowest BCUT2D eigenvalue weighted by atomic mass is 10.1. The molecule has 3 aliphatic heterocycles. The Morgan fingerprint density at radius 1 is 0.444 bits per heavy atom. The van der Waals surface area contributed by atoms with E-state index < -0.39 is 0 Å². The number of rotatable bonds is 3. The summed E-state index contributed by atoms with van der Waals surface area (Å²) in [5, 5.41) is 0. The maximum atomic E-state index is 11.5. The van der Waals surface area contributed by atoms with Crippen LogP contribution >= 0.6 is 0 Å². The largest absolute Gasteiger partial charge is 0.342 e. The van der Waals surface area contributed by atoms with Crippen molar-refractivity contribution in [3.05, 3.63) is 0 Å². The topological polar surface area (TPSA) is 64.2 Å². The lowest BCUT2D eigenvalue weighted by molar-refractivity contribution is -0.136. The Morgan fingerprint density at radius 3 is 0.972 bits per heavy atom. The van der Waals surface area contributed by atoms with Crippen LogP contribution in [0.5, 0.6) is 0 Å². The summed E-state index contributed by atoms with van der Waals surface area (Å²) in [5.41, 5.74) is 0. The second kappa shape index (κ2) is 20.4. The van der Waals surface area contributed by atoms with Gasteiger partial charge in [0.25, 0.3) is 0 Å². The quantitative estimate of drug-likeness (QED) is 0.516. The van der Waals surface area contributed by atoms with Crippen LogP contribution < -0.4 is 0 Å². The highest BCUT2D eigenvalue weighted by Crippen LogP contribution is 2.12. The Balaban J connectivity index is -0.000000437. The zero-order valence-electron chi connectivity index (χ0n) is 22.4. The van der Waals surface area contributed by atoms with E-state index in [9.17, 15) is 14.4 Å². The second-order valence-electron chi connectivity index (χ2n) is 10.5. The summed E-state index contributed by atoms with van der Waals surface area (Å²) < 4.78 is 0. The first-order valence-electron chi connectivity index (χ1n) is 13.1. The van der Waals surface area contributed by atoms with E-state index in [1.54, 1.807) is 0 Å². The molecule has 7 nitrogen and oxygen atoms in total. The highest BCUT2D eigenvalue weighted by Gasteiger charge is 2.21. The zero-order valence-corrected chi connectivity index (χ0v) is 22.4. The standard InChI is InChI=1S/C9H18N2O.C9H17NO.C8H15NO.3CH4/c1-8(2)9(12)11-6-4-10(3)5-7-11;1-8(2)9(11)10-6-4-3-5-7-10;1-7(2)8(10)9-5-3-4-6-9;;;/h8H,4-7H2,1-3H3;8H,3-7H2,1-2H3;7H,3-6H2,1-2H3;3*1H4. The van der Waals surface area contributed by atoms with Crippen LogP contribution in [0.3, 0.4) is 0 Å². The van der Waals surface area contributed by atoms with Crippen molar-refractivity contribution in [2.24, 2.45) is 17.8 Å². The van der Waals surface area contributed by atoms with Crippen LogP contribution in [0.2, 0.25) is 0 Å². The van der Waals surface area contributed by atoms with Gasteiger partial charge in [0.05, 0.1) is 0 Å². The third-order valence-corrected chi connectivity index (χ3v) is 6.38. The van der Waals surface area contributed by atoms with E-state index in [4.69, 9.17) is 0 Å². The van der Waals surface area contributed by atoms with E-state index in [-0.39, 0.29) is 40.0 Å². The molecule has 0 atom stereocenters. The SMILES string of the molecule is C.C.C.CC(C)C(=O)N1CCCC1.CC(C)C(=O)N1CCCCC1.CC(C)C(=O)N1CCN(C)CC1. The van der Waals surface area contributed by atoms with Gasteiger partial charge in [0.2, 0.25) is 17.7 Å². The van der Waals surface area contributed by atoms with Crippen LogP contribution in [0.1, 0.15) is 95.9 Å². The number of hydrogen-bond donors (Lipinski definition) is 0. The van der Waals surface area contributed by atoms with Crippen molar-refractivity contribution in [2.45, 2.75) is 95.9 Å². The van der Waals surface area contributed by atoms with E-state index in [1.165, 1.54) is 32.1 Å². The molecule has 3 fully saturated rings. The minimum atomic E-state index is 0. The van der Waals surface area contributed by atoms with Crippen LogP contribution in [0.4, 0.5) is 0 Å². The van der Waals surface area contributed by atoms with Gasteiger partial charge in [-0.2, -0.15) is 0 Å². The van der Waals surface area contributed by atoms with E-state index in [0.29, 0.717) is 17.7 Å². The van der Waals surface area contributed by atoms with Crippen molar-refractivity contribution in [1.29, 1.82) is 0 Å². The number of likely N-dealkylation sites (tertiary alicyclic amines) is 2. The van der Waals surface area contributed by atoms with Crippen LogP contribution in [-0.2, 0) is 14.4 Å². The lowest BCUT2D eigenvalue weighted by Gasteiger charge is -2.33. The summed E-state index contributed by atoms with van der Waals surface area (Å²) in [6.07, 6.45) is 6.07. The third-order valence-electron chi connectivity index (χ3n) is 6.38. The van der Waals surface area contributed by atoms with Crippen molar-refractivity contribution in [3.8, 4) is 0 Å². The second-order valence-corrected chi connectivity index (χ2v) is 10.5. The zero-order chi connectivity index (χ0) is 25.0. The number of carbonyl (C=O) groups is 3. The molecule has 0 saturated carbocycles. The summed E-state index contributed by atoms with van der Waals surface area (Å²) >= 11 is 0. The minimum absolute atomic E-state index is 0. The van der Waals surface area contributed by atoms with Crippen LogP contribution in [-0.4, -0.2) is 96.7 Å². The molecule has 7 heteroatoms. The number of carbonyl (C=O) groups excluding carboxylic acids is 3. The average molecular weight is 515 g/mol. The molecule has 216 valence electrons. The van der Waals surface area contributed by atoms with E-state index in [1.807, 2.05) is 56.2 Å². The molecule has 0 unspecified atom stereocenters. The van der Waals surface area contributed by atoms with Gasteiger partial charge in [0.15, 0.2) is 0 Å². The Hall–Kier alpha value is -1.63. The summed E-state index contributed by atoms with van der Waals surface area (Å²) in [4.78, 5) is 42.4. The average Bonchev–Trinajstić information content (AvgIpc) is 3.34. The fraction of sp³-hybridized carbons (Fsp3) is 0.897. The number of hydrogen-bond acceptors (Lipinski definition) is 4. The van der Waals surface area contributed by atoms with Gasteiger partial charge in [-0.3, -0.25) is 14.4 Å². The maximum absolute atomic E-state index is 11.5. The van der Waals surface area contributed by atoms with Crippen molar-refractivity contribution in [1.82, 2.24) is 19.6 Å². The number of amides is 3. The molecule has 36 heavy (non-hydrogen) atoms. The molecular weight excluding hydrogens is 452 g/mol. The van der Waals surface area contributed by atoms with Gasteiger partial charge in [-0.25, -0.2) is 0 Å². The molecule has 0 aromatic carbocycles. The molecule has 3 saturated heterocycles. The fourth-order valence-electron chi connectivity index (χ4n) is 4.17. The summed E-state index contributed by atoms with van der Waals surface area (Å²) in [7, 11) is 2.09. The van der Waals surface area contributed by atoms with Gasteiger partial charge in [0.1, 0.15) is 0 Å². The molecule has 0 aromatic heterocycles. The molecule has 3 heterocycles. The van der Waals surface area contributed by atoms with Gasteiger partial charge in [-0.15, -0.1) is 0 Å². The molecule has 3 rings (SSSR count). The van der Waals surface area contributed by atoms with E-state index >= 15 is 0 Å². The van der Waals surface area contributed by atoms with Gasteiger partial charge in [0, 0.05) is 70.1 Å². The molecule has 0 radical (unpaired) electrons. The fourth-order valence-corrected chi connectivity index (χ4v) is 4.17. The highest BCUT2D eigenvalue weighted by atomic mass is 16.2. The number of piperazine rings is 1. The van der Waals surface area contributed by atoms with Gasteiger partial charge >= 0.3 is 0 Å². The Bertz CT molecular complexity index is 587. The minimum Gasteiger partial charge on any atom is -0.342 e. The lowest BCUT2D eigenvalue weighted by Crippen LogP contribution is -2.48. The Kier molecular flexibility index (Phi) is 22.1. The summed E-state index contributed by atoms with van der Waals surface area (Å²) in [6.45, 7) is 19.5. The molecular formula is C29H62N4O3. The molecule has 0 aromatic rings. The molecule has 3 amide bonds. The molecule has 0 bridgehead atoms. The van der Waals surface area contributed by atoms with E-state index in [0.717, 1.165) is 52.4 Å². The van der Waals surface area contributed by atoms with Gasteiger partial charge in [-0.05, 0) is 39.2 Å². The van der Waals surface area contributed by atoms with Crippen molar-refractivity contribution < 1.29 is 14.4 Å². The predicted octanol–water partition coefficient (Wildman–Crippen LogP) is 5.24. The highest BCUT2D eigenvalue weighted by molar-refractivity contribution is 5.79. The number of piperidine rings is 1. The monoisotopic (exact) mass is 514 g/mol. The summed E-state index contributed by atoms with van der Waals surface area (Å²) in [6, 6.07) is 0. The Morgan fingerprint density at radius 2 is 0.694 bits per heavy atom. The number of nitrogens with zero attached hydrogens (tertiary/aromatic N) is 4. The summed E-state index contributed by atoms with van der Waals surface area (Å²) in [5.74, 6) is 1.44. The van der Waals surface area contributed by atoms with Crippen LogP contribution in [0.15, 0.2) is 0 Å². The van der Waals surface area contributed by atoms with Crippen molar-refractivity contribution in [2.75, 3.05) is 59.4 Å². The molecule has 3 aliphatic rings. The van der Waals surface area contributed by atoms with Crippen molar-refractivity contribution >= 4 is 17.7 Å². The van der Waals surface area contributed by atoms with Gasteiger partial charge < -0.3 is 19.6 Å². The molecule has 0 spiro atoms. The van der Waals surface area contributed by atoms with Crippen molar-refractivity contribution in [3.63, 3.8) is 0 Å². The molecule has 0 N–H and O–H groups in total. The number of likely N-dealkylation sites (N-methyl/N-ethyl adjacent to an activating group) is 1. The first-order valence-corrected chi connectivity index (χ1v) is 13.1. The maximum Gasteiger partial charge on any atom is 0.225 e. The predicted molar refractivity (Wildman–Crippen MR) is 155 cm³/mol. The smallest absolute Gasteiger partial charge is 0.225 e. The normalized spacial score (nSPS) is 17.7. The Labute approximate surface area is 224 Å². The first-order chi connectivity index (χ1) is 15.5. The van der Waals surface area contributed by atoms with Crippen LogP contribution in [0.25, 0.3) is 0 Å². The van der Waals surface area contributed by atoms with Gasteiger partial charge in [-0.1, -0.05) is 63.8 Å². The van der Waals surface area contributed by atoms with Crippen LogP contribution in [0, 0.1) is 17.8 Å². The van der Waals surface area contributed by atoms with E-state index in [2.05, 4.69) is 11.9 Å². The first kappa shape index (κ1) is 38.9.